The lowest BCUT2D eigenvalue weighted by Crippen LogP contribution is -2.46. The van der Waals surface area contributed by atoms with Crippen LogP contribution >= 0.6 is 0 Å². The number of unbranched alkanes of at least 4 members (excludes halogenated alkanes) is 1. The quantitative estimate of drug-likeness (QED) is 0.543. The Morgan fingerprint density at radius 2 is 1.80 bits per heavy atom. The molecule has 1 saturated heterocycles. The maximum absolute atomic E-state index is 11.0. The molecule has 3 heterocycles. The number of benzene rings is 1. The van der Waals surface area contributed by atoms with Crippen LogP contribution in [-0.2, 0) is 6.54 Å². The number of pyridine rings is 1. The zero-order valence-corrected chi connectivity index (χ0v) is 17.0. The van der Waals surface area contributed by atoms with Gasteiger partial charge in [-0.15, -0.1) is 0 Å². The number of hydrogen-bond acceptors (Lipinski definition) is 7. The molecule has 3 aromatic rings. The molecule has 0 radical (unpaired) electrons. The van der Waals surface area contributed by atoms with Crippen LogP contribution in [0.5, 0.6) is 5.75 Å². The predicted molar refractivity (Wildman–Crippen MR) is 113 cm³/mol. The van der Waals surface area contributed by atoms with E-state index in [4.69, 9.17) is 4.74 Å². The molecule has 0 atom stereocenters. The molecule has 30 heavy (non-hydrogen) atoms. The lowest BCUT2D eigenvalue weighted by Gasteiger charge is -2.34. The second-order valence-electron chi connectivity index (χ2n) is 7.48. The zero-order chi connectivity index (χ0) is 20.6. The summed E-state index contributed by atoms with van der Waals surface area (Å²) in [6.45, 7) is 7.32. The molecule has 4 rings (SSSR count). The number of nitrogens with zero attached hydrogens (tertiary/aromatic N) is 4. The van der Waals surface area contributed by atoms with Crippen molar-refractivity contribution in [2.24, 2.45) is 0 Å². The van der Waals surface area contributed by atoms with Gasteiger partial charge in [0.15, 0.2) is 0 Å². The lowest BCUT2D eigenvalue weighted by molar-refractivity contribution is 0.124. The highest BCUT2D eigenvalue weighted by Crippen LogP contribution is 2.15. The lowest BCUT2D eigenvalue weighted by atomic mass is 10.2. The number of ether oxygens (including phenoxy) is 1. The molecule has 0 amide bonds. The van der Waals surface area contributed by atoms with Gasteiger partial charge < -0.3 is 9.64 Å². The van der Waals surface area contributed by atoms with Gasteiger partial charge in [0.05, 0.1) is 12.8 Å². The van der Waals surface area contributed by atoms with Crippen molar-refractivity contribution < 1.29 is 9.26 Å². The molecule has 8 heteroatoms. The molecule has 1 aliphatic rings. The van der Waals surface area contributed by atoms with Crippen LogP contribution in [-0.4, -0.2) is 64.3 Å². The molecule has 1 aromatic carbocycles. The largest absolute Gasteiger partial charge is 0.492 e. The molecule has 1 fully saturated rings. The molecule has 0 unspecified atom stereocenters. The topological polar surface area (TPSA) is 87.5 Å². The van der Waals surface area contributed by atoms with Gasteiger partial charge in [0.25, 0.3) is 0 Å². The molecule has 8 nitrogen and oxygen atoms in total. The van der Waals surface area contributed by atoms with Gasteiger partial charge in [-0.2, -0.15) is 0 Å². The van der Waals surface area contributed by atoms with Crippen molar-refractivity contribution in [2.75, 3.05) is 39.3 Å². The summed E-state index contributed by atoms with van der Waals surface area (Å²) in [5.41, 5.74) is 1.93. The van der Waals surface area contributed by atoms with E-state index in [1.807, 2.05) is 6.07 Å². The summed E-state index contributed by atoms with van der Waals surface area (Å²) in [4.78, 5) is 22.8. The summed E-state index contributed by atoms with van der Waals surface area (Å²) in [6.07, 6.45) is 3.75. The van der Waals surface area contributed by atoms with E-state index < -0.39 is 5.76 Å². The average Bonchev–Trinajstić information content (AvgIpc) is 3.22. The van der Waals surface area contributed by atoms with Gasteiger partial charge >= 0.3 is 5.76 Å². The average molecular weight is 409 g/mol. The Kier molecular flexibility index (Phi) is 6.89. The third-order valence-electron chi connectivity index (χ3n) is 5.27. The number of nitrogens with one attached hydrogen (secondary N) is 1. The first-order valence-electron chi connectivity index (χ1n) is 10.4. The molecular weight excluding hydrogens is 382 g/mol. The van der Waals surface area contributed by atoms with E-state index in [0.717, 1.165) is 52.1 Å². The van der Waals surface area contributed by atoms with Crippen LogP contribution in [0.25, 0.3) is 11.5 Å². The third-order valence-corrected chi connectivity index (χ3v) is 5.27. The van der Waals surface area contributed by atoms with Crippen molar-refractivity contribution in [3.05, 3.63) is 64.8 Å². The number of hydrogen-bond donors (Lipinski definition) is 1. The van der Waals surface area contributed by atoms with Gasteiger partial charge in [-0.05, 0) is 37.1 Å². The van der Waals surface area contributed by atoms with E-state index in [0.29, 0.717) is 23.9 Å². The van der Waals surface area contributed by atoms with Gasteiger partial charge in [-0.1, -0.05) is 35.5 Å². The van der Waals surface area contributed by atoms with Gasteiger partial charge in [0.2, 0.25) is 5.82 Å². The fourth-order valence-corrected chi connectivity index (χ4v) is 3.59. The SMILES string of the molecule is O=c1[nH]c(-c2ccc(OCCCCN3CCN(Cc4ccccc4)CC3)cn2)no1. The summed E-state index contributed by atoms with van der Waals surface area (Å²) in [5, 5.41) is 3.62. The van der Waals surface area contributed by atoms with Crippen molar-refractivity contribution in [3.8, 4) is 17.3 Å². The van der Waals surface area contributed by atoms with Crippen molar-refractivity contribution in [3.63, 3.8) is 0 Å². The van der Waals surface area contributed by atoms with Crippen molar-refractivity contribution in [1.29, 1.82) is 0 Å². The van der Waals surface area contributed by atoms with E-state index in [1.54, 1.807) is 12.3 Å². The highest BCUT2D eigenvalue weighted by Gasteiger charge is 2.16. The molecule has 0 bridgehead atoms. The van der Waals surface area contributed by atoms with Gasteiger partial charge in [0, 0.05) is 32.7 Å². The van der Waals surface area contributed by atoms with E-state index in [-0.39, 0.29) is 0 Å². The number of aromatic amines is 1. The van der Waals surface area contributed by atoms with E-state index in [9.17, 15) is 4.79 Å². The number of rotatable bonds is 9. The minimum atomic E-state index is -0.593. The Morgan fingerprint density at radius 3 is 2.50 bits per heavy atom. The van der Waals surface area contributed by atoms with Crippen LogP contribution in [0.2, 0.25) is 0 Å². The maximum Gasteiger partial charge on any atom is 0.439 e. The minimum absolute atomic E-state index is 0.315. The number of aromatic nitrogens is 3. The number of H-pyrrole nitrogens is 1. The first-order chi connectivity index (χ1) is 14.8. The fraction of sp³-hybridized carbons (Fsp3) is 0.409. The molecule has 0 spiro atoms. The van der Waals surface area contributed by atoms with E-state index >= 15 is 0 Å². The van der Waals surface area contributed by atoms with Crippen LogP contribution in [0.3, 0.4) is 0 Å². The molecule has 2 aromatic heterocycles. The Hall–Kier alpha value is -2.97. The molecule has 1 aliphatic heterocycles. The van der Waals surface area contributed by atoms with Crippen molar-refractivity contribution >= 4 is 0 Å². The first kappa shape index (κ1) is 20.3. The summed E-state index contributed by atoms with van der Waals surface area (Å²) < 4.78 is 10.3. The summed E-state index contributed by atoms with van der Waals surface area (Å²) in [6, 6.07) is 14.3. The molecule has 0 saturated carbocycles. The molecule has 0 aliphatic carbocycles. The molecular formula is C22H27N5O3. The maximum atomic E-state index is 11.0. The van der Waals surface area contributed by atoms with Crippen LogP contribution < -0.4 is 10.5 Å². The van der Waals surface area contributed by atoms with E-state index in [2.05, 4.69) is 59.8 Å². The molecule has 1 N–H and O–H groups in total. The Bertz CT molecular complexity index is 947. The van der Waals surface area contributed by atoms with Gasteiger partial charge in [-0.25, -0.2) is 9.78 Å². The summed E-state index contributed by atoms with van der Waals surface area (Å²) >= 11 is 0. The third kappa shape index (κ3) is 5.77. The van der Waals surface area contributed by atoms with Gasteiger partial charge in [-0.3, -0.25) is 14.4 Å². The Labute approximate surface area is 175 Å². The fourth-order valence-electron chi connectivity index (χ4n) is 3.59. The van der Waals surface area contributed by atoms with Crippen molar-refractivity contribution in [1.82, 2.24) is 24.9 Å². The number of piperazine rings is 1. The van der Waals surface area contributed by atoms with Crippen LogP contribution in [0.1, 0.15) is 18.4 Å². The summed E-state index contributed by atoms with van der Waals surface area (Å²) in [7, 11) is 0. The summed E-state index contributed by atoms with van der Waals surface area (Å²) in [5.74, 6) is 0.430. The highest BCUT2D eigenvalue weighted by molar-refractivity contribution is 5.48. The van der Waals surface area contributed by atoms with E-state index in [1.165, 1.54) is 5.56 Å². The second kappa shape index (κ2) is 10.2. The monoisotopic (exact) mass is 409 g/mol. The molecule has 158 valence electrons. The second-order valence-corrected chi connectivity index (χ2v) is 7.48. The predicted octanol–water partition coefficient (Wildman–Crippen LogP) is 2.40. The zero-order valence-electron chi connectivity index (χ0n) is 17.0. The minimum Gasteiger partial charge on any atom is -0.492 e. The smallest absolute Gasteiger partial charge is 0.439 e. The van der Waals surface area contributed by atoms with Gasteiger partial charge in [0.1, 0.15) is 11.4 Å². The standard InChI is InChI=1S/C22H27N5O3/c28-22-24-21(25-30-22)20-9-8-19(16-23-20)29-15-5-4-10-26-11-13-27(14-12-26)17-18-6-2-1-3-7-18/h1-3,6-9,16H,4-5,10-15,17H2,(H,24,25,28). The van der Waals surface area contributed by atoms with Crippen LogP contribution in [0, 0.1) is 0 Å². The van der Waals surface area contributed by atoms with Crippen LogP contribution in [0.4, 0.5) is 0 Å². The van der Waals surface area contributed by atoms with Crippen LogP contribution in [0.15, 0.2) is 58.0 Å². The Morgan fingerprint density at radius 1 is 1.00 bits per heavy atom. The normalized spacial score (nSPS) is 15.3. The van der Waals surface area contributed by atoms with Crippen molar-refractivity contribution in [2.45, 2.75) is 19.4 Å². The first-order valence-corrected chi connectivity index (χ1v) is 10.4. The highest BCUT2D eigenvalue weighted by atomic mass is 16.5. The Balaban J connectivity index is 1.10.